The molecular weight excluding hydrogens is 112 g/mol. The molecule has 1 rings (SSSR count). The molecule has 0 amide bonds. The highest BCUT2D eigenvalue weighted by Crippen LogP contribution is 2.06. The van der Waals surface area contributed by atoms with Crippen LogP contribution in [0.3, 0.4) is 0 Å². The van der Waals surface area contributed by atoms with Crippen molar-refractivity contribution in [2.24, 2.45) is 0 Å². The second-order valence-electron chi connectivity index (χ2n) is 1.58. The molecule has 0 aliphatic rings. The van der Waals surface area contributed by atoms with E-state index in [0.29, 0.717) is 0 Å². The van der Waals surface area contributed by atoms with Gasteiger partial charge in [-0.2, -0.15) is 0 Å². The lowest BCUT2D eigenvalue weighted by Gasteiger charge is -1.78. The fraction of sp³-hybridized carbons (Fsp3) is 0.200. The van der Waals surface area contributed by atoms with E-state index < -0.39 is 11.6 Å². The van der Waals surface area contributed by atoms with Crippen molar-refractivity contribution in [3.63, 3.8) is 0 Å². The molecule has 0 aliphatic heterocycles. The van der Waals surface area contributed by atoms with Gasteiger partial charge in [0.15, 0.2) is 11.6 Å². The first-order valence-corrected chi connectivity index (χ1v) is 2.21. The highest BCUT2D eigenvalue weighted by molar-refractivity contribution is 5.06. The molecule has 1 aromatic rings. The normalized spacial score (nSPS) is 9.88. The number of hydrogen-bond acceptors (Lipinski definition) is 0. The van der Waals surface area contributed by atoms with E-state index in [1.54, 1.807) is 0 Å². The molecule has 0 unspecified atom stereocenters. The average molecular weight is 117 g/mol. The highest BCUT2D eigenvalue weighted by Gasteiger charge is 2.03. The zero-order valence-corrected chi connectivity index (χ0v) is 4.33. The van der Waals surface area contributed by atoms with Crippen molar-refractivity contribution in [3.8, 4) is 0 Å². The first kappa shape index (κ1) is 5.28. The fourth-order valence-electron chi connectivity index (χ4n) is 0.477. The largest absolute Gasteiger partial charge is 0.360 e. The van der Waals surface area contributed by atoms with Crippen LogP contribution in [0.15, 0.2) is 6.20 Å². The lowest BCUT2D eigenvalue weighted by atomic mass is 10.5. The summed E-state index contributed by atoms with van der Waals surface area (Å²) in [4.78, 5) is 2.39. The van der Waals surface area contributed by atoms with Gasteiger partial charge in [0.1, 0.15) is 0 Å². The monoisotopic (exact) mass is 117 g/mol. The molecule has 0 saturated carbocycles. The summed E-state index contributed by atoms with van der Waals surface area (Å²) >= 11 is 0. The maximum atomic E-state index is 12.1. The molecule has 1 heterocycles. The molecule has 1 aromatic heterocycles. The molecule has 44 valence electrons. The summed E-state index contributed by atoms with van der Waals surface area (Å²) in [6.07, 6.45) is 0.991. The van der Waals surface area contributed by atoms with Gasteiger partial charge in [-0.3, -0.25) is 0 Å². The second kappa shape index (κ2) is 1.58. The Labute approximate surface area is 45.3 Å². The summed E-state index contributed by atoms with van der Waals surface area (Å²) < 4.78 is 24.0. The van der Waals surface area contributed by atoms with Crippen LogP contribution in [-0.2, 0) is 0 Å². The number of hydrogen-bond donors (Lipinski definition) is 1. The molecule has 0 spiro atoms. The van der Waals surface area contributed by atoms with Crippen LogP contribution in [0.5, 0.6) is 0 Å². The zero-order chi connectivity index (χ0) is 6.15. The van der Waals surface area contributed by atoms with E-state index in [1.165, 1.54) is 6.92 Å². The second-order valence-corrected chi connectivity index (χ2v) is 1.58. The first-order chi connectivity index (χ1) is 3.72. The van der Waals surface area contributed by atoms with E-state index in [4.69, 9.17) is 0 Å². The van der Waals surface area contributed by atoms with Crippen LogP contribution in [-0.4, -0.2) is 4.98 Å². The van der Waals surface area contributed by atoms with Gasteiger partial charge in [-0.15, -0.1) is 0 Å². The lowest BCUT2D eigenvalue weighted by molar-refractivity contribution is 0.512. The maximum absolute atomic E-state index is 12.1. The fourth-order valence-corrected chi connectivity index (χ4v) is 0.477. The van der Waals surface area contributed by atoms with Crippen molar-refractivity contribution < 1.29 is 8.78 Å². The minimum atomic E-state index is -0.817. The third-order valence-corrected chi connectivity index (χ3v) is 0.954. The molecule has 8 heavy (non-hydrogen) atoms. The Balaban J connectivity index is 3.19. The summed E-state index contributed by atoms with van der Waals surface area (Å²) in [7, 11) is 0. The van der Waals surface area contributed by atoms with E-state index >= 15 is 0 Å². The van der Waals surface area contributed by atoms with Crippen molar-refractivity contribution in [2.75, 3.05) is 0 Å². The molecule has 1 nitrogen and oxygen atoms in total. The van der Waals surface area contributed by atoms with Crippen LogP contribution in [0, 0.1) is 18.6 Å². The van der Waals surface area contributed by atoms with Crippen molar-refractivity contribution in [3.05, 3.63) is 23.5 Å². The topological polar surface area (TPSA) is 15.8 Å². The highest BCUT2D eigenvalue weighted by atomic mass is 19.2. The molecule has 0 aromatic carbocycles. The molecular formula is C5H5F2N. The van der Waals surface area contributed by atoms with E-state index in [9.17, 15) is 8.78 Å². The van der Waals surface area contributed by atoms with Gasteiger partial charge in [0.25, 0.3) is 0 Å². The number of aromatic amines is 1. The molecule has 3 heteroatoms. The van der Waals surface area contributed by atoms with E-state index in [0.717, 1.165) is 6.20 Å². The summed E-state index contributed by atoms with van der Waals surface area (Å²) in [6.45, 7) is 1.47. The Kier molecular flexibility index (Phi) is 1.04. The standard InChI is InChI=1S/C5H5F2N/c1-3-5(7)4(6)2-8-3/h2,8H,1H3. The Morgan fingerprint density at radius 3 is 2.25 bits per heavy atom. The van der Waals surface area contributed by atoms with E-state index in [2.05, 4.69) is 4.98 Å². The number of halogens is 2. The maximum Gasteiger partial charge on any atom is 0.179 e. The lowest BCUT2D eigenvalue weighted by Crippen LogP contribution is -1.75. The van der Waals surface area contributed by atoms with Gasteiger partial charge >= 0.3 is 0 Å². The average Bonchev–Trinajstić information content (AvgIpc) is 1.98. The van der Waals surface area contributed by atoms with Crippen LogP contribution in [0.1, 0.15) is 5.69 Å². The Bertz CT molecular complexity index is 173. The van der Waals surface area contributed by atoms with Crippen molar-refractivity contribution in [1.29, 1.82) is 0 Å². The molecule has 0 fully saturated rings. The van der Waals surface area contributed by atoms with E-state index in [-0.39, 0.29) is 5.69 Å². The molecule has 0 radical (unpaired) electrons. The van der Waals surface area contributed by atoms with Gasteiger partial charge in [0, 0.05) is 6.20 Å². The zero-order valence-electron chi connectivity index (χ0n) is 4.33. The quantitative estimate of drug-likeness (QED) is 0.531. The Hall–Kier alpha value is -0.860. The van der Waals surface area contributed by atoms with Gasteiger partial charge in [0.2, 0.25) is 0 Å². The Morgan fingerprint density at radius 2 is 2.12 bits per heavy atom. The van der Waals surface area contributed by atoms with Crippen LogP contribution in [0.25, 0.3) is 0 Å². The summed E-state index contributed by atoms with van der Waals surface area (Å²) in [6, 6.07) is 0. The van der Waals surface area contributed by atoms with Gasteiger partial charge in [0.05, 0.1) is 5.69 Å². The van der Waals surface area contributed by atoms with Crippen LogP contribution < -0.4 is 0 Å². The minimum Gasteiger partial charge on any atom is -0.360 e. The Morgan fingerprint density at radius 1 is 1.50 bits per heavy atom. The number of H-pyrrole nitrogens is 1. The third-order valence-electron chi connectivity index (χ3n) is 0.954. The number of rotatable bonds is 0. The van der Waals surface area contributed by atoms with Gasteiger partial charge in [-0.1, -0.05) is 0 Å². The number of nitrogens with one attached hydrogen (secondary N) is 1. The minimum absolute atomic E-state index is 0.238. The summed E-state index contributed by atoms with van der Waals surface area (Å²) in [5, 5.41) is 0. The predicted molar refractivity (Wildman–Crippen MR) is 25.4 cm³/mol. The molecule has 0 saturated heterocycles. The predicted octanol–water partition coefficient (Wildman–Crippen LogP) is 1.60. The first-order valence-electron chi connectivity index (χ1n) is 2.21. The van der Waals surface area contributed by atoms with Gasteiger partial charge in [-0.05, 0) is 6.92 Å². The number of aryl methyl sites for hydroxylation is 1. The van der Waals surface area contributed by atoms with Gasteiger partial charge < -0.3 is 4.98 Å². The van der Waals surface area contributed by atoms with Crippen molar-refractivity contribution >= 4 is 0 Å². The van der Waals surface area contributed by atoms with Crippen LogP contribution in [0.4, 0.5) is 8.78 Å². The van der Waals surface area contributed by atoms with Crippen molar-refractivity contribution in [1.82, 2.24) is 4.98 Å². The van der Waals surface area contributed by atoms with Crippen molar-refractivity contribution in [2.45, 2.75) is 6.92 Å². The van der Waals surface area contributed by atoms with Gasteiger partial charge in [-0.25, -0.2) is 8.78 Å². The van der Waals surface area contributed by atoms with Crippen LogP contribution in [0.2, 0.25) is 0 Å². The number of aromatic nitrogens is 1. The molecule has 0 bridgehead atoms. The summed E-state index contributed by atoms with van der Waals surface area (Å²) in [5.74, 6) is -1.60. The molecule has 0 aliphatic carbocycles. The van der Waals surface area contributed by atoms with E-state index in [1.807, 2.05) is 0 Å². The summed E-state index contributed by atoms with van der Waals surface area (Å²) in [5.41, 5.74) is 0.238. The van der Waals surface area contributed by atoms with Crippen LogP contribution >= 0.6 is 0 Å². The molecule has 1 N–H and O–H groups in total. The molecule has 0 atom stereocenters. The smallest absolute Gasteiger partial charge is 0.179 e. The third kappa shape index (κ3) is 0.598. The SMILES string of the molecule is Cc1[nH]cc(F)c1F.